The van der Waals surface area contributed by atoms with Crippen LogP contribution in [0.5, 0.6) is 0 Å². The monoisotopic (exact) mass is 282 g/mol. The van der Waals surface area contributed by atoms with Crippen molar-refractivity contribution in [2.24, 2.45) is 0 Å². The van der Waals surface area contributed by atoms with Gasteiger partial charge < -0.3 is 18.7 Å². The number of methoxy groups -OCH3 is 1. The van der Waals surface area contributed by atoms with Gasteiger partial charge in [0.25, 0.3) is 0 Å². The second-order valence-electron chi connectivity index (χ2n) is 3.48. The highest BCUT2D eigenvalue weighted by molar-refractivity contribution is 7.98. The molecule has 6 nitrogen and oxygen atoms in total. The Kier molecular flexibility index (Phi) is 3.96. The molecule has 0 fully saturated rings. The van der Waals surface area contributed by atoms with E-state index in [1.807, 2.05) is 0 Å². The van der Waals surface area contributed by atoms with Gasteiger partial charge in [-0.2, -0.15) is 0 Å². The summed E-state index contributed by atoms with van der Waals surface area (Å²) in [4.78, 5) is 22.0. The first-order valence-corrected chi connectivity index (χ1v) is 6.21. The first-order chi connectivity index (χ1) is 9.11. The van der Waals surface area contributed by atoms with Crippen LogP contribution in [0.15, 0.2) is 38.4 Å². The Labute approximate surface area is 112 Å². The van der Waals surface area contributed by atoms with Crippen LogP contribution < -0.4 is 0 Å². The predicted octanol–water partition coefficient (Wildman–Crippen LogP) is 2.65. The summed E-state index contributed by atoms with van der Waals surface area (Å²) in [5, 5.41) is 9.17. The zero-order valence-electron chi connectivity index (χ0n) is 9.91. The first-order valence-electron chi connectivity index (χ1n) is 5.22. The minimum atomic E-state index is -1.12. The second-order valence-corrected chi connectivity index (χ2v) is 4.46. The van der Waals surface area contributed by atoms with Gasteiger partial charge in [0.1, 0.15) is 0 Å². The maximum atomic E-state index is 11.4. The van der Waals surface area contributed by atoms with Gasteiger partial charge in [-0.1, -0.05) is 11.8 Å². The largest absolute Gasteiger partial charge is 0.475 e. The highest BCUT2D eigenvalue weighted by Gasteiger charge is 2.17. The Hall–Kier alpha value is -2.15. The number of esters is 1. The van der Waals surface area contributed by atoms with Gasteiger partial charge in [0, 0.05) is 11.3 Å². The first kappa shape index (κ1) is 13.3. The van der Waals surface area contributed by atoms with Gasteiger partial charge in [0.05, 0.1) is 13.4 Å². The highest BCUT2D eigenvalue weighted by Crippen LogP contribution is 2.27. The van der Waals surface area contributed by atoms with E-state index in [1.165, 1.54) is 31.2 Å². The lowest BCUT2D eigenvalue weighted by molar-refractivity contribution is 0.0563. The van der Waals surface area contributed by atoms with Crippen molar-refractivity contribution in [2.45, 2.75) is 10.8 Å². The van der Waals surface area contributed by atoms with E-state index in [0.717, 1.165) is 0 Å². The summed E-state index contributed by atoms with van der Waals surface area (Å²) in [6.07, 6.45) is 1.40. The average molecular weight is 282 g/mol. The van der Waals surface area contributed by atoms with Gasteiger partial charge in [0.2, 0.25) is 11.5 Å². The van der Waals surface area contributed by atoms with Gasteiger partial charge >= 0.3 is 11.9 Å². The molecular weight excluding hydrogens is 272 g/mol. The number of thioether (sulfide) groups is 1. The third kappa shape index (κ3) is 3.00. The lowest BCUT2D eigenvalue weighted by Gasteiger charge is -1.99. The summed E-state index contributed by atoms with van der Waals surface area (Å²) >= 11 is 1.26. The molecule has 0 radical (unpaired) electrons. The van der Waals surface area contributed by atoms with E-state index >= 15 is 0 Å². The van der Waals surface area contributed by atoms with Crippen LogP contribution in [0.2, 0.25) is 0 Å². The van der Waals surface area contributed by atoms with E-state index in [4.69, 9.17) is 13.9 Å². The third-order valence-corrected chi connectivity index (χ3v) is 3.24. The van der Waals surface area contributed by atoms with Crippen molar-refractivity contribution in [1.29, 1.82) is 0 Å². The topological polar surface area (TPSA) is 89.9 Å². The summed E-state index contributed by atoms with van der Waals surface area (Å²) in [5.41, 5.74) is 0.658. The van der Waals surface area contributed by atoms with E-state index in [1.54, 1.807) is 12.1 Å². The highest BCUT2D eigenvalue weighted by atomic mass is 32.2. The SMILES string of the molecule is COC(=O)c1occc1CSc1ccc(C(=O)O)o1. The van der Waals surface area contributed by atoms with Crippen LogP contribution in [-0.4, -0.2) is 24.2 Å². The number of hydrogen-bond donors (Lipinski definition) is 1. The van der Waals surface area contributed by atoms with Crippen molar-refractivity contribution >= 4 is 23.7 Å². The number of rotatable bonds is 5. The molecule has 0 aromatic carbocycles. The molecule has 0 unspecified atom stereocenters. The van der Waals surface area contributed by atoms with E-state index in [0.29, 0.717) is 16.4 Å². The van der Waals surface area contributed by atoms with Crippen LogP contribution in [0.3, 0.4) is 0 Å². The van der Waals surface area contributed by atoms with Crippen molar-refractivity contribution in [3.05, 3.63) is 41.5 Å². The van der Waals surface area contributed by atoms with Crippen molar-refractivity contribution in [3.63, 3.8) is 0 Å². The number of hydrogen-bond acceptors (Lipinski definition) is 6. The Bertz CT molecular complexity index is 597. The quantitative estimate of drug-likeness (QED) is 0.666. The molecule has 0 saturated heterocycles. The maximum Gasteiger partial charge on any atom is 0.374 e. The van der Waals surface area contributed by atoms with Crippen LogP contribution in [0, 0.1) is 0 Å². The van der Waals surface area contributed by atoms with E-state index in [9.17, 15) is 9.59 Å². The van der Waals surface area contributed by atoms with E-state index in [-0.39, 0.29) is 11.5 Å². The molecule has 2 aromatic heterocycles. The average Bonchev–Trinajstić information content (AvgIpc) is 3.04. The summed E-state index contributed by atoms with van der Waals surface area (Å²) in [5.74, 6) is -1.24. The summed E-state index contributed by atoms with van der Waals surface area (Å²) in [6, 6.07) is 4.59. The lowest BCUT2D eigenvalue weighted by atomic mass is 10.3. The third-order valence-electron chi connectivity index (χ3n) is 2.28. The number of furan rings is 2. The molecule has 100 valence electrons. The van der Waals surface area contributed by atoms with Crippen molar-refractivity contribution in [1.82, 2.24) is 0 Å². The molecule has 0 aliphatic rings. The molecule has 0 aliphatic carbocycles. The van der Waals surface area contributed by atoms with Crippen LogP contribution in [0.25, 0.3) is 0 Å². The van der Waals surface area contributed by atoms with Gasteiger partial charge in [-0.3, -0.25) is 0 Å². The van der Waals surface area contributed by atoms with E-state index < -0.39 is 11.9 Å². The van der Waals surface area contributed by atoms with Crippen molar-refractivity contribution in [3.8, 4) is 0 Å². The molecule has 0 saturated carbocycles. The van der Waals surface area contributed by atoms with Gasteiger partial charge in [-0.25, -0.2) is 9.59 Å². The smallest absolute Gasteiger partial charge is 0.374 e. The summed E-state index contributed by atoms with van der Waals surface area (Å²) < 4.78 is 14.7. The minimum Gasteiger partial charge on any atom is -0.475 e. The second kappa shape index (κ2) is 5.66. The van der Waals surface area contributed by atoms with Crippen molar-refractivity contribution in [2.75, 3.05) is 7.11 Å². The van der Waals surface area contributed by atoms with Gasteiger partial charge in [0.15, 0.2) is 5.09 Å². The normalized spacial score (nSPS) is 10.4. The van der Waals surface area contributed by atoms with Crippen LogP contribution >= 0.6 is 11.8 Å². The molecule has 19 heavy (non-hydrogen) atoms. The Balaban J connectivity index is 2.04. The number of carboxylic acids is 1. The molecule has 1 N–H and O–H groups in total. The molecule has 0 spiro atoms. The predicted molar refractivity (Wildman–Crippen MR) is 65.3 cm³/mol. The number of carbonyl (C=O) groups excluding carboxylic acids is 1. The number of aromatic carboxylic acids is 1. The Morgan fingerprint density at radius 1 is 1.37 bits per heavy atom. The zero-order valence-corrected chi connectivity index (χ0v) is 10.7. The molecule has 0 bridgehead atoms. The molecule has 0 amide bonds. The van der Waals surface area contributed by atoms with Crippen LogP contribution in [0.4, 0.5) is 0 Å². The molecule has 2 aromatic rings. The van der Waals surface area contributed by atoms with Crippen LogP contribution in [-0.2, 0) is 10.5 Å². The lowest BCUT2D eigenvalue weighted by Crippen LogP contribution is -2.02. The fourth-order valence-electron chi connectivity index (χ4n) is 1.38. The fraction of sp³-hybridized carbons (Fsp3) is 0.167. The molecular formula is C12H10O6S. The standard InChI is InChI=1S/C12H10O6S/c1-16-12(15)10-7(4-5-17-10)6-19-9-3-2-8(18-9)11(13)14/h2-5H,6H2,1H3,(H,13,14). The van der Waals surface area contributed by atoms with Crippen LogP contribution in [0.1, 0.15) is 26.7 Å². The molecule has 2 heterocycles. The zero-order chi connectivity index (χ0) is 13.8. The molecule has 0 aliphatic heterocycles. The van der Waals surface area contributed by atoms with E-state index in [2.05, 4.69) is 4.74 Å². The van der Waals surface area contributed by atoms with Crippen molar-refractivity contribution < 1.29 is 28.3 Å². The van der Waals surface area contributed by atoms with Gasteiger partial charge in [-0.05, 0) is 18.2 Å². The Morgan fingerprint density at radius 3 is 2.79 bits per heavy atom. The fourth-order valence-corrected chi connectivity index (χ4v) is 2.22. The molecule has 2 rings (SSSR count). The molecule has 7 heteroatoms. The Morgan fingerprint density at radius 2 is 2.16 bits per heavy atom. The minimum absolute atomic E-state index is 0.122. The summed E-state index contributed by atoms with van der Waals surface area (Å²) in [6.45, 7) is 0. The van der Waals surface area contributed by atoms with Gasteiger partial charge in [-0.15, -0.1) is 0 Å². The maximum absolute atomic E-state index is 11.4. The number of carboxylic acid groups (broad SMARTS) is 1. The number of carbonyl (C=O) groups is 2. The number of ether oxygens (including phenoxy) is 1. The summed E-state index contributed by atoms with van der Waals surface area (Å²) in [7, 11) is 1.27. The molecule has 0 atom stereocenters.